The fourth-order valence-corrected chi connectivity index (χ4v) is 4.56. The molecule has 1 N–H and O–H groups in total. The molecule has 1 aromatic heterocycles. The maximum Gasteiger partial charge on any atom is 0.317 e. The van der Waals surface area contributed by atoms with Gasteiger partial charge in [-0.1, -0.05) is 33.1 Å². The van der Waals surface area contributed by atoms with Crippen molar-refractivity contribution in [1.29, 1.82) is 0 Å². The molecule has 5 heteroatoms. The van der Waals surface area contributed by atoms with Gasteiger partial charge in [-0.3, -0.25) is 4.68 Å². The van der Waals surface area contributed by atoms with Gasteiger partial charge in [0.25, 0.3) is 0 Å². The van der Waals surface area contributed by atoms with E-state index in [1.807, 2.05) is 22.8 Å². The van der Waals surface area contributed by atoms with Crippen molar-refractivity contribution in [3.05, 3.63) is 18.0 Å². The maximum absolute atomic E-state index is 12.6. The average molecular weight is 332 g/mol. The number of carbonyl (C=O) groups excluding carboxylic acids is 1. The van der Waals surface area contributed by atoms with Crippen LogP contribution in [0.25, 0.3) is 0 Å². The fourth-order valence-electron chi connectivity index (χ4n) is 4.56. The highest BCUT2D eigenvalue weighted by Crippen LogP contribution is 2.43. The number of likely N-dealkylation sites (tertiary alicyclic amines) is 1. The van der Waals surface area contributed by atoms with Crippen molar-refractivity contribution < 1.29 is 4.79 Å². The fraction of sp³-hybridized carbons (Fsp3) is 0.789. The third-order valence-electron chi connectivity index (χ3n) is 6.16. The summed E-state index contributed by atoms with van der Waals surface area (Å²) in [5.74, 6) is 0.761. The van der Waals surface area contributed by atoms with Gasteiger partial charge in [0, 0.05) is 44.5 Å². The number of amides is 2. The van der Waals surface area contributed by atoms with E-state index in [-0.39, 0.29) is 6.03 Å². The summed E-state index contributed by atoms with van der Waals surface area (Å²) in [7, 11) is 1.97. The van der Waals surface area contributed by atoms with Gasteiger partial charge in [0.15, 0.2) is 0 Å². The van der Waals surface area contributed by atoms with Gasteiger partial charge in [-0.15, -0.1) is 0 Å². The summed E-state index contributed by atoms with van der Waals surface area (Å²) in [5.41, 5.74) is 1.62. The maximum atomic E-state index is 12.6. The Morgan fingerprint density at radius 3 is 2.67 bits per heavy atom. The van der Waals surface area contributed by atoms with Gasteiger partial charge in [-0.25, -0.2) is 4.79 Å². The van der Waals surface area contributed by atoms with Crippen LogP contribution in [0.2, 0.25) is 0 Å². The number of urea groups is 1. The molecule has 1 aromatic rings. The Kier molecular flexibility index (Phi) is 5.16. The van der Waals surface area contributed by atoms with Crippen LogP contribution in [-0.4, -0.2) is 40.3 Å². The number of nitrogens with one attached hydrogen (secondary N) is 1. The van der Waals surface area contributed by atoms with E-state index in [1.54, 1.807) is 0 Å². The van der Waals surface area contributed by atoms with Gasteiger partial charge in [0.05, 0.1) is 0 Å². The minimum absolute atomic E-state index is 0.116. The van der Waals surface area contributed by atoms with Gasteiger partial charge < -0.3 is 10.2 Å². The minimum atomic E-state index is 0.116. The lowest BCUT2D eigenvalue weighted by Gasteiger charge is -2.33. The van der Waals surface area contributed by atoms with E-state index in [9.17, 15) is 4.79 Å². The zero-order chi connectivity index (χ0) is 17.2. The Morgan fingerprint density at radius 2 is 2.04 bits per heavy atom. The highest BCUT2D eigenvalue weighted by Gasteiger charge is 2.40. The summed E-state index contributed by atoms with van der Waals surface area (Å²) in [6.45, 7) is 6.97. The summed E-state index contributed by atoms with van der Waals surface area (Å²) >= 11 is 0. The zero-order valence-corrected chi connectivity index (χ0v) is 15.4. The topological polar surface area (TPSA) is 50.2 Å². The molecule has 1 saturated heterocycles. The normalized spacial score (nSPS) is 21.4. The van der Waals surface area contributed by atoms with Gasteiger partial charge in [0.1, 0.15) is 0 Å². The summed E-state index contributed by atoms with van der Waals surface area (Å²) in [6, 6.07) is 2.18. The van der Waals surface area contributed by atoms with Crippen LogP contribution in [0.1, 0.15) is 64.0 Å². The highest BCUT2D eigenvalue weighted by molar-refractivity contribution is 5.74. The van der Waals surface area contributed by atoms with Crippen molar-refractivity contribution in [2.75, 3.05) is 19.6 Å². The molecule has 0 radical (unpaired) electrons. The molecule has 1 atom stereocenters. The molecule has 2 amide bonds. The van der Waals surface area contributed by atoms with Crippen LogP contribution < -0.4 is 5.32 Å². The second-order valence-electron chi connectivity index (χ2n) is 8.15. The number of rotatable bonds is 4. The molecule has 0 aromatic carbocycles. The largest absolute Gasteiger partial charge is 0.337 e. The number of carbonyl (C=O) groups is 1. The van der Waals surface area contributed by atoms with Crippen LogP contribution in [-0.2, 0) is 7.05 Å². The molecule has 0 bridgehead atoms. The quantitative estimate of drug-likeness (QED) is 0.917. The lowest BCUT2D eigenvalue weighted by Crippen LogP contribution is -2.42. The first kappa shape index (κ1) is 17.3. The van der Waals surface area contributed by atoms with E-state index >= 15 is 0 Å². The van der Waals surface area contributed by atoms with Gasteiger partial charge in [0.2, 0.25) is 0 Å². The summed E-state index contributed by atoms with van der Waals surface area (Å²) < 4.78 is 1.92. The van der Waals surface area contributed by atoms with E-state index in [0.717, 1.165) is 13.1 Å². The standard InChI is InChI=1S/C19H32N4O/c1-15(2)16(17-7-11-21-22(17)3)13-20-18(24)23-12-10-19(14-23)8-5-4-6-9-19/h7,11,15-16H,4-6,8-10,12-14H2,1-3H3,(H,20,24). The Balaban J connectivity index is 1.56. The Hall–Kier alpha value is -1.52. The molecular formula is C19H32N4O. The smallest absolute Gasteiger partial charge is 0.317 e. The van der Waals surface area contributed by atoms with Crippen molar-refractivity contribution in [2.24, 2.45) is 18.4 Å². The van der Waals surface area contributed by atoms with Crippen molar-refractivity contribution in [1.82, 2.24) is 20.0 Å². The third kappa shape index (κ3) is 3.60. The number of aryl methyl sites for hydroxylation is 1. The number of hydrogen-bond donors (Lipinski definition) is 1. The minimum Gasteiger partial charge on any atom is -0.337 e. The molecule has 2 fully saturated rings. The SMILES string of the molecule is CC(C)C(CNC(=O)N1CCC2(CCCCC2)C1)c1ccnn1C. The van der Waals surface area contributed by atoms with Gasteiger partial charge in [-0.05, 0) is 36.7 Å². The van der Waals surface area contributed by atoms with Crippen LogP contribution in [0.15, 0.2) is 12.3 Å². The molecule has 2 aliphatic rings. The first-order valence-corrected chi connectivity index (χ1v) is 9.51. The van der Waals surface area contributed by atoms with Crippen LogP contribution in [0, 0.1) is 11.3 Å². The van der Waals surface area contributed by atoms with Crippen LogP contribution in [0.3, 0.4) is 0 Å². The monoisotopic (exact) mass is 332 g/mol. The molecule has 1 saturated carbocycles. The lowest BCUT2D eigenvalue weighted by atomic mass is 9.73. The van der Waals surface area contributed by atoms with Crippen molar-refractivity contribution in [3.63, 3.8) is 0 Å². The van der Waals surface area contributed by atoms with E-state index in [4.69, 9.17) is 0 Å². The third-order valence-corrected chi connectivity index (χ3v) is 6.16. The molecule has 134 valence electrons. The van der Waals surface area contributed by atoms with Crippen molar-refractivity contribution in [3.8, 4) is 0 Å². The summed E-state index contributed by atoms with van der Waals surface area (Å²) in [4.78, 5) is 14.7. The molecule has 1 unspecified atom stereocenters. The first-order chi connectivity index (χ1) is 11.5. The summed E-state index contributed by atoms with van der Waals surface area (Å²) in [6.07, 6.45) is 9.68. The Labute approximate surface area is 145 Å². The zero-order valence-electron chi connectivity index (χ0n) is 15.4. The first-order valence-electron chi connectivity index (χ1n) is 9.51. The molecule has 1 aliphatic heterocycles. The molecule has 5 nitrogen and oxygen atoms in total. The van der Waals surface area contributed by atoms with Crippen LogP contribution >= 0.6 is 0 Å². The van der Waals surface area contributed by atoms with Crippen molar-refractivity contribution in [2.45, 2.75) is 58.3 Å². The van der Waals surface area contributed by atoms with Crippen molar-refractivity contribution >= 4 is 6.03 Å². The van der Waals surface area contributed by atoms with E-state index < -0.39 is 0 Å². The number of aromatic nitrogens is 2. The Morgan fingerprint density at radius 1 is 1.29 bits per heavy atom. The second kappa shape index (κ2) is 7.16. The highest BCUT2D eigenvalue weighted by atomic mass is 16.2. The molecule has 1 spiro atoms. The average Bonchev–Trinajstić information content (AvgIpc) is 3.15. The molecule has 24 heavy (non-hydrogen) atoms. The van der Waals surface area contributed by atoms with E-state index in [1.165, 1.54) is 44.2 Å². The molecule has 3 rings (SSSR count). The van der Waals surface area contributed by atoms with Crippen LogP contribution in [0.4, 0.5) is 4.79 Å². The predicted octanol–water partition coefficient (Wildman–Crippen LogP) is 3.53. The Bertz CT molecular complexity index is 559. The number of hydrogen-bond acceptors (Lipinski definition) is 2. The lowest BCUT2D eigenvalue weighted by molar-refractivity contribution is 0.176. The van der Waals surface area contributed by atoms with Gasteiger partial charge >= 0.3 is 6.03 Å². The number of nitrogens with zero attached hydrogens (tertiary/aromatic N) is 3. The summed E-state index contributed by atoms with van der Waals surface area (Å²) in [5, 5.41) is 7.46. The molecular weight excluding hydrogens is 300 g/mol. The van der Waals surface area contributed by atoms with E-state index in [0.29, 0.717) is 23.8 Å². The van der Waals surface area contributed by atoms with Gasteiger partial charge in [-0.2, -0.15) is 5.10 Å². The second-order valence-corrected chi connectivity index (χ2v) is 8.15. The molecule has 2 heterocycles. The van der Waals surface area contributed by atoms with Crippen LogP contribution in [0.5, 0.6) is 0 Å². The molecule has 1 aliphatic carbocycles. The predicted molar refractivity (Wildman–Crippen MR) is 95.9 cm³/mol. The van der Waals surface area contributed by atoms with E-state index in [2.05, 4.69) is 30.3 Å².